The molecule has 2 atom stereocenters. The summed E-state index contributed by atoms with van der Waals surface area (Å²) in [5.74, 6) is -0.273. The van der Waals surface area contributed by atoms with Gasteiger partial charge in [-0.15, -0.1) is 11.8 Å². The second-order valence-electron chi connectivity index (χ2n) is 10.4. The number of hydrogen-bond acceptors (Lipinski definition) is 3. The number of thioether (sulfide) groups is 1. The van der Waals surface area contributed by atoms with Crippen LogP contribution in [0, 0.1) is 5.82 Å². The molecule has 0 N–H and O–H groups in total. The third-order valence-electron chi connectivity index (χ3n) is 7.99. The van der Waals surface area contributed by atoms with E-state index in [0.717, 1.165) is 37.7 Å². The van der Waals surface area contributed by atoms with E-state index in [1.54, 1.807) is 23.9 Å². The number of carbonyl (C=O) groups excluding carboxylic acids is 2. The fourth-order valence-corrected chi connectivity index (χ4v) is 7.37. The molecule has 194 valence electrons. The van der Waals surface area contributed by atoms with Crippen molar-refractivity contribution in [3.63, 3.8) is 0 Å². The van der Waals surface area contributed by atoms with Crippen molar-refractivity contribution in [1.29, 1.82) is 0 Å². The molecule has 2 aliphatic heterocycles. The molecule has 2 amide bonds. The van der Waals surface area contributed by atoms with Gasteiger partial charge >= 0.3 is 0 Å². The smallest absolute Gasteiger partial charge is 0.260 e. The normalized spacial score (nSPS) is 22.2. The van der Waals surface area contributed by atoms with Crippen LogP contribution in [0.4, 0.5) is 4.39 Å². The van der Waals surface area contributed by atoms with Crippen LogP contribution in [0.25, 0.3) is 6.08 Å². The Labute approximate surface area is 227 Å². The zero-order valence-corrected chi connectivity index (χ0v) is 22.1. The molecular weight excluding hydrogens is 495 g/mol. The van der Waals surface area contributed by atoms with Gasteiger partial charge in [0.25, 0.3) is 11.8 Å². The molecule has 4 nitrogen and oxygen atoms in total. The maximum absolute atomic E-state index is 14.5. The lowest BCUT2D eigenvalue weighted by Crippen LogP contribution is -2.50. The standard InChI is InChI=1S/C32H31FN2O2S/c33-27-10-4-3-9-26(27)21-35-28-11-5-6-12-29(28)38-30(32(35)37)19-22-13-15-24(16-14-22)31(36)34-18-17-23-7-1-2-8-25(23)20-34/h1-4,7-10,13-16,19,28-29H,5-6,11-12,17-18,20-21H2/b30-19-. The Morgan fingerprint density at radius 2 is 1.68 bits per heavy atom. The molecule has 3 aromatic rings. The summed E-state index contributed by atoms with van der Waals surface area (Å²) in [4.78, 5) is 31.3. The van der Waals surface area contributed by atoms with Crippen LogP contribution in [0.3, 0.4) is 0 Å². The predicted molar refractivity (Wildman–Crippen MR) is 150 cm³/mol. The highest BCUT2D eigenvalue weighted by Crippen LogP contribution is 2.43. The lowest BCUT2D eigenvalue weighted by molar-refractivity contribution is -0.130. The highest BCUT2D eigenvalue weighted by molar-refractivity contribution is 8.04. The van der Waals surface area contributed by atoms with Crippen LogP contribution >= 0.6 is 11.8 Å². The van der Waals surface area contributed by atoms with Crippen molar-refractivity contribution < 1.29 is 14.0 Å². The number of fused-ring (bicyclic) bond motifs is 2. The molecule has 0 spiro atoms. The minimum absolute atomic E-state index is 0.0305. The molecule has 2 heterocycles. The van der Waals surface area contributed by atoms with E-state index in [-0.39, 0.29) is 30.2 Å². The molecule has 0 aromatic heterocycles. The van der Waals surface area contributed by atoms with Crippen LogP contribution in [0.2, 0.25) is 0 Å². The topological polar surface area (TPSA) is 40.6 Å². The quantitative estimate of drug-likeness (QED) is 0.367. The van der Waals surface area contributed by atoms with Crippen LogP contribution in [-0.2, 0) is 24.3 Å². The molecule has 1 aliphatic carbocycles. The number of rotatable bonds is 4. The van der Waals surface area contributed by atoms with E-state index in [4.69, 9.17) is 0 Å². The second kappa shape index (κ2) is 10.8. The van der Waals surface area contributed by atoms with Crippen molar-refractivity contribution in [3.05, 3.63) is 111 Å². The van der Waals surface area contributed by atoms with Crippen LogP contribution in [-0.4, -0.2) is 39.5 Å². The molecule has 1 saturated carbocycles. The van der Waals surface area contributed by atoms with Gasteiger partial charge in [0, 0.05) is 42.1 Å². The first-order valence-corrected chi connectivity index (χ1v) is 14.3. The number of hydrogen-bond donors (Lipinski definition) is 0. The fourth-order valence-electron chi connectivity index (χ4n) is 5.90. The fraction of sp³-hybridized carbons (Fsp3) is 0.312. The Hall–Kier alpha value is -3.38. The van der Waals surface area contributed by atoms with E-state index in [1.165, 1.54) is 17.2 Å². The molecule has 6 rings (SSSR count). The monoisotopic (exact) mass is 526 g/mol. The highest BCUT2D eigenvalue weighted by Gasteiger charge is 2.40. The average molecular weight is 527 g/mol. The number of amides is 2. The Bertz CT molecular complexity index is 1390. The summed E-state index contributed by atoms with van der Waals surface area (Å²) >= 11 is 1.66. The zero-order valence-electron chi connectivity index (χ0n) is 21.3. The Morgan fingerprint density at radius 1 is 0.947 bits per heavy atom. The maximum Gasteiger partial charge on any atom is 0.260 e. The Morgan fingerprint density at radius 3 is 2.50 bits per heavy atom. The minimum atomic E-state index is -0.270. The van der Waals surface area contributed by atoms with Gasteiger partial charge in [-0.3, -0.25) is 9.59 Å². The first kappa shape index (κ1) is 24.9. The first-order valence-electron chi connectivity index (χ1n) is 13.5. The third-order valence-corrected chi connectivity index (χ3v) is 9.39. The molecule has 0 bridgehead atoms. The molecule has 1 saturated heterocycles. The number of benzene rings is 3. The van der Waals surface area contributed by atoms with E-state index in [0.29, 0.717) is 34.4 Å². The number of carbonyl (C=O) groups is 2. The average Bonchev–Trinajstić information content (AvgIpc) is 2.96. The van der Waals surface area contributed by atoms with Gasteiger partial charge in [-0.25, -0.2) is 4.39 Å². The summed E-state index contributed by atoms with van der Waals surface area (Å²) in [5, 5.41) is 0.322. The summed E-state index contributed by atoms with van der Waals surface area (Å²) in [6.45, 7) is 1.64. The summed E-state index contributed by atoms with van der Waals surface area (Å²) in [7, 11) is 0. The van der Waals surface area contributed by atoms with Gasteiger partial charge in [-0.1, -0.05) is 67.4 Å². The minimum Gasteiger partial charge on any atom is -0.334 e. The molecule has 38 heavy (non-hydrogen) atoms. The predicted octanol–water partition coefficient (Wildman–Crippen LogP) is 6.45. The van der Waals surface area contributed by atoms with Crippen molar-refractivity contribution in [2.24, 2.45) is 0 Å². The van der Waals surface area contributed by atoms with E-state index in [1.807, 2.05) is 58.3 Å². The van der Waals surface area contributed by atoms with Crippen molar-refractivity contribution in [3.8, 4) is 0 Å². The second-order valence-corrected chi connectivity index (χ2v) is 11.7. The lowest BCUT2D eigenvalue weighted by Gasteiger charge is -2.44. The van der Waals surface area contributed by atoms with E-state index >= 15 is 0 Å². The number of halogens is 1. The third kappa shape index (κ3) is 5.02. The Kier molecular flexibility index (Phi) is 7.07. The van der Waals surface area contributed by atoms with Gasteiger partial charge in [0.2, 0.25) is 0 Å². The van der Waals surface area contributed by atoms with E-state index in [9.17, 15) is 14.0 Å². The van der Waals surface area contributed by atoms with Crippen molar-refractivity contribution in [2.75, 3.05) is 6.54 Å². The molecule has 3 aliphatic rings. The van der Waals surface area contributed by atoms with Crippen LogP contribution in [0.1, 0.15) is 58.3 Å². The maximum atomic E-state index is 14.5. The lowest BCUT2D eigenvalue weighted by atomic mass is 9.92. The summed E-state index contributed by atoms with van der Waals surface area (Å²) in [5.41, 5.74) is 4.63. The molecular formula is C32H31FN2O2S. The van der Waals surface area contributed by atoms with E-state index in [2.05, 4.69) is 12.1 Å². The van der Waals surface area contributed by atoms with Gasteiger partial charge in [0.1, 0.15) is 5.82 Å². The number of nitrogens with zero attached hydrogens (tertiary/aromatic N) is 2. The van der Waals surface area contributed by atoms with Gasteiger partial charge in [0.05, 0.1) is 4.91 Å². The summed E-state index contributed by atoms with van der Waals surface area (Å²) in [6, 6.07) is 22.7. The molecule has 6 heteroatoms. The molecule has 2 fully saturated rings. The van der Waals surface area contributed by atoms with Crippen LogP contribution in [0.5, 0.6) is 0 Å². The van der Waals surface area contributed by atoms with E-state index < -0.39 is 0 Å². The Balaban J connectivity index is 1.20. The van der Waals surface area contributed by atoms with Gasteiger partial charge < -0.3 is 9.80 Å². The summed E-state index contributed by atoms with van der Waals surface area (Å²) in [6.07, 6.45) is 7.07. The SMILES string of the molecule is O=C(c1ccc(/C=C2\SC3CCCCC3N(Cc3ccccc3F)C2=O)cc1)N1CCc2ccccc2C1. The van der Waals surface area contributed by atoms with Crippen LogP contribution < -0.4 is 0 Å². The van der Waals surface area contributed by atoms with Gasteiger partial charge in [0.15, 0.2) is 0 Å². The molecule has 0 radical (unpaired) electrons. The highest BCUT2D eigenvalue weighted by atomic mass is 32.2. The zero-order chi connectivity index (χ0) is 26.1. The van der Waals surface area contributed by atoms with Crippen molar-refractivity contribution in [2.45, 2.75) is 56.5 Å². The van der Waals surface area contributed by atoms with Gasteiger partial charge in [-0.2, -0.15) is 0 Å². The first-order chi connectivity index (χ1) is 18.6. The summed E-state index contributed by atoms with van der Waals surface area (Å²) < 4.78 is 14.5. The largest absolute Gasteiger partial charge is 0.334 e. The van der Waals surface area contributed by atoms with Crippen molar-refractivity contribution >= 4 is 29.7 Å². The molecule has 3 aromatic carbocycles. The van der Waals surface area contributed by atoms with Crippen molar-refractivity contribution in [1.82, 2.24) is 9.80 Å². The molecule has 2 unspecified atom stereocenters. The van der Waals surface area contributed by atoms with Crippen LogP contribution in [0.15, 0.2) is 77.7 Å². The van der Waals surface area contributed by atoms with Gasteiger partial charge in [-0.05, 0) is 60.2 Å².